The first-order valence-corrected chi connectivity index (χ1v) is 5.90. The Morgan fingerprint density at radius 2 is 2.16 bits per heavy atom. The van der Waals surface area contributed by atoms with E-state index in [1.54, 1.807) is 35.3 Å². The van der Waals surface area contributed by atoms with Crippen LogP contribution in [0, 0.1) is 0 Å². The number of hydrogen-bond acceptors (Lipinski definition) is 5. The maximum Gasteiger partial charge on any atom is 0.260 e. The molecule has 2 aromatic rings. The molecule has 0 unspecified atom stereocenters. The van der Waals surface area contributed by atoms with Gasteiger partial charge in [-0.05, 0) is 26.0 Å². The van der Waals surface area contributed by atoms with Gasteiger partial charge in [-0.3, -0.25) is 4.79 Å². The minimum Gasteiger partial charge on any atom is -0.308 e. The standard InChI is InChI=1S/C12H16N6O/c1-8(2)18-10(5-7-15-18)16-12(19)9-4-3-6-14-11(9)17-13/h3-8H,13H2,1-2H3,(H,14,17)(H,16,19). The number of nitrogen functional groups attached to an aromatic ring is 1. The highest BCUT2D eigenvalue weighted by molar-refractivity contribution is 6.07. The summed E-state index contributed by atoms with van der Waals surface area (Å²) in [4.78, 5) is 16.2. The molecule has 2 heterocycles. The number of nitrogens with one attached hydrogen (secondary N) is 2. The van der Waals surface area contributed by atoms with Crippen molar-refractivity contribution < 1.29 is 4.79 Å². The van der Waals surface area contributed by atoms with E-state index in [9.17, 15) is 4.79 Å². The molecule has 7 nitrogen and oxygen atoms in total. The second-order valence-corrected chi connectivity index (χ2v) is 4.25. The lowest BCUT2D eigenvalue weighted by molar-refractivity contribution is 0.102. The summed E-state index contributed by atoms with van der Waals surface area (Å²) >= 11 is 0. The molecule has 0 aliphatic carbocycles. The van der Waals surface area contributed by atoms with E-state index in [0.29, 0.717) is 17.2 Å². The highest BCUT2D eigenvalue weighted by Crippen LogP contribution is 2.16. The van der Waals surface area contributed by atoms with Crippen molar-refractivity contribution in [1.82, 2.24) is 14.8 Å². The van der Waals surface area contributed by atoms with Gasteiger partial charge >= 0.3 is 0 Å². The van der Waals surface area contributed by atoms with Crippen LogP contribution >= 0.6 is 0 Å². The lowest BCUT2D eigenvalue weighted by Crippen LogP contribution is -2.20. The quantitative estimate of drug-likeness (QED) is 0.570. The fourth-order valence-electron chi connectivity index (χ4n) is 1.71. The highest BCUT2D eigenvalue weighted by Gasteiger charge is 2.14. The average Bonchev–Trinajstić information content (AvgIpc) is 2.87. The number of hydrazine groups is 1. The number of nitrogens with two attached hydrogens (primary N) is 1. The molecule has 0 bridgehead atoms. The van der Waals surface area contributed by atoms with Crippen LogP contribution < -0.4 is 16.6 Å². The Balaban J connectivity index is 2.23. The molecule has 100 valence electrons. The average molecular weight is 260 g/mol. The van der Waals surface area contributed by atoms with E-state index >= 15 is 0 Å². The van der Waals surface area contributed by atoms with Gasteiger partial charge in [0.15, 0.2) is 5.82 Å². The van der Waals surface area contributed by atoms with E-state index < -0.39 is 0 Å². The Morgan fingerprint density at radius 3 is 2.84 bits per heavy atom. The van der Waals surface area contributed by atoms with Crippen LogP contribution in [0.3, 0.4) is 0 Å². The zero-order valence-corrected chi connectivity index (χ0v) is 10.8. The number of nitrogens with zero attached hydrogens (tertiary/aromatic N) is 3. The topological polar surface area (TPSA) is 97.9 Å². The van der Waals surface area contributed by atoms with Gasteiger partial charge in [0.2, 0.25) is 0 Å². The van der Waals surface area contributed by atoms with Crippen LogP contribution in [0.15, 0.2) is 30.6 Å². The molecule has 0 aliphatic heterocycles. The third-order valence-corrected chi connectivity index (χ3v) is 2.59. The number of hydrogen-bond donors (Lipinski definition) is 3. The zero-order valence-electron chi connectivity index (χ0n) is 10.8. The molecular weight excluding hydrogens is 244 g/mol. The summed E-state index contributed by atoms with van der Waals surface area (Å²) in [5.74, 6) is 6.00. The molecule has 0 fully saturated rings. The second kappa shape index (κ2) is 5.49. The van der Waals surface area contributed by atoms with Crippen molar-refractivity contribution >= 4 is 17.5 Å². The van der Waals surface area contributed by atoms with Crippen molar-refractivity contribution in [2.75, 3.05) is 10.7 Å². The molecule has 0 saturated carbocycles. The summed E-state index contributed by atoms with van der Waals surface area (Å²) in [7, 11) is 0. The first-order chi connectivity index (χ1) is 9.13. The molecule has 0 saturated heterocycles. The zero-order chi connectivity index (χ0) is 13.8. The summed E-state index contributed by atoms with van der Waals surface area (Å²) < 4.78 is 1.73. The molecule has 2 aromatic heterocycles. The Bertz CT molecular complexity index is 577. The van der Waals surface area contributed by atoms with E-state index in [-0.39, 0.29) is 11.9 Å². The lowest BCUT2D eigenvalue weighted by atomic mass is 10.2. The van der Waals surface area contributed by atoms with Gasteiger partial charge in [0.1, 0.15) is 5.82 Å². The third kappa shape index (κ3) is 2.71. The number of anilines is 2. The maximum absolute atomic E-state index is 12.2. The van der Waals surface area contributed by atoms with Crippen LogP contribution in [0.2, 0.25) is 0 Å². The first kappa shape index (κ1) is 13.0. The number of carbonyl (C=O) groups is 1. The molecule has 1 amide bonds. The van der Waals surface area contributed by atoms with E-state index in [1.165, 1.54) is 0 Å². The molecule has 0 radical (unpaired) electrons. The second-order valence-electron chi connectivity index (χ2n) is 4.25. The van der Waals surface area contributed by atoms with Crippen LogP contribution in [0.5, 0.6) is 0 Å². The van der Waals surface area contributed by atoms with Crippen LogP contribution in [0.4, 0.5) is 11.6 Å². The fraction of sp³-hybridized carbons (Fsp3) is 0.250. The lowest BCUT2D eigenvalue weighted by Gasteiger charge is -2.12. The Morgan fingerprint density at radius 1 is 1.37 bits per heavy atom. The SMILES string of the molecule is CC(C)n1nccc1NC(=O)c1cccnc1NN. The van der Waals surface area contributed by atoms with Gasteiger partial charge in [0, 0.05) is 18.3 Å². The largest absolute Gasteiger partial charge is 0.308 e. The van der Waals surface area contributed by atoms with Gasteiger partial charge < -0.3 is 10.7 Å². The molecule has 0 atom stereocenters. The highest BCUT2D eigenvalue weighted by atomic mass is 16.1. The monoisotopic (exact) mass is 260 g/mol. The summed E-state index contributed by atoms with van der Waals surface area (Å²) in [6.45, 7) is 3.97. The normalized spacial score (nSPS) is 10.5. The van der Waals surface area contributed by atoms with Crippen LogP contribution in [-0.2, 0) is 0 Å². The molecule has 2 rings (SSSR count). The fourth-order valence-corrected chi connectivity index (χ4v) is 1.71. The van der Waals surface area contributed by atoms with E-state index in [2.05, 4.69) is 20.8 Å². The molecule has 19 heavy (non-hydrogen) atoms. The summed E-state index contributed by atoms with van der Waals surface area (Å²) in [6, 6.07) is 5.22. The van der Waals surface area contributed by atoms with Crippen molar-refractivity contribution in [2.45, 2.75) is 19.9 Å². The third-order valence-electron chi connectivity index (χ3n) is 2.59. The smallest absolute Gasteiger partial charge is 0.260 e. The van der Waals surface area contributed by atoms with Crippen LogP contribution in [0.1, 0.15) is 30.2 Å². The van der Waals surface area contributed by atoms with E-state index in [0.717, 1.165) is 0 Å². The number of pyridine rings is 1. The summed E-state index contributed by atoms with van der Waals surface area (Å²) in [5, 5.41) is 6.94. The molecule has 0 aromatic carbocycles. The van der Waals surface area contributed by atoms with Crippen LogP contribution in [0.25, 0.3) is 0 Å². The van der Waals surface area contributed by atoms with E-state index in [4.69, 9.17) is 5.84 Å². The molecular formula is C12H16N6O. The molecule has 7 heteroatoms. The summed E-state index contributed by atoms with van der Waals surface area (Å²) in [6.07, 6.45) is 3.20. The van der Waals surface area contributed by atoms with Crippen molar-refractivity contribution in [3.8, 4) is 0 Å². The Labute approximate surface area is 110 Å². The van der Waals surface area contributed by atoms with Gasteiger partial charge in [-0.2, -0.15) is 5.10 Å². The van der Waals surface area contributed by atoms with Gasteiger partial charge in [0.25, 0.3) is 5.91 Å². The predicted octanol–water partition coefficient (Wildman–Crippen LogP) is 1.40. The maximum atomic E-state index is 12.2. The Hall–Kier alpha value is -2.41. The molecule has 0 aliphatic rings. The minimum absolute atomic E-state index is 0.159. The van der Waals surface area contributed by atoms with Crippen molar-refractivity contribution in [1.29, 1.82) is 0 Å². The minimum atomic E-state index is -0.288. The first-order valence-electron chi connectivity index (χ1n) is 5.90. The number of rotatable bonds is 4. The summed E-state index contributed by atoms with van der Waals surface area (Å²) in [5.41, 5.74) is 2.78. The van der Waals surface area contributed by atoms with Crippen molar-refractivity contribution in [2.24, 2.45) is 5.84 Å². The number of aromatic nitrogens is 3. The van der Waals surface area contributed by atoms with Crippen molar-refractivity contribution in [3.63, 3.8) is 0 Å². The van der Waals surface area contributed by atoms with Gasteiger partial charge in [-0.15, -0.1) is 0 Å². The number of amides is 1. The van der Waals surface area contributed by atoms with E-state index in [1.807, 2.05) is 13.8 Å². The molecule has 0 spiro atoms. The van der Waals surface area contributed by atoms with Gasteiger partial charge in [0.05, 0.1) is 11.8 Å². The number of carbonyl (C=O) groups excluding carboxylic acids is 1. The predicted molar refractivity (Wildman–Crippen MR) is 72.6 cm³/mol. The Kier molecular flexibility index (Phi) is 3.76. The van der Waals surface area contributed by atoms with Gasteiger partial charge in [-0.25, -0.2) is 15.5 Å². The van der Waals surface area contributed by atoms with Gasteiger partial charge in [-0.1, -0.05) is 0 Å². The van der Waals surface area contributed by atoms with Crippen molar-refractivity contribution in [3.05, 3.63) is 36.2 Å². The molecule has 4 N–H and O–H groups in total. The van der Waals surface area contributed by atoms with Crippen LogP contribution in [-0.4, -0.2) is 20.7 Å².